The van der Waals surface area contributed by atoms with E-state index >= 15 is 0 Å². The molecular formula is C21H34FIOS. The number of hydrogen-bond acceptors (Lipinski definition) is 2. The van der Waals surface area contributed by atoms with Gasteiger partial charge in [-0.2, -0.15) is 11.8 Å². The molecule has 0 aliphatic carbocycles. The summed E-state index contributed by atoms with van der Waals surface area (Å²) >= 11 is 3.97. The summed E-state index contributed by atoms with van der Waals surface area (Å²) < 4.78 is 18.1. The third-order valence-electron chi connectivity index (χ3n) is 4.45. The zero-order chi connectivity index (χ0) is 18.0. The number of rotatable bonds is 17. The van der Waals surface area contributed by atoms with E-state index in [0.717, 1.165) is 24.3 Å². The van der Waals surface area contributed by atoms with Gasteiger partial charge in [0, 0.05) is 5.75 Å². The molecule has 0 saturated carbocycles. The molecule has 0 unspecified atom stereocenters. The normalized spacial score (nSPS) is 11.1. The predicted octanol–water partition coefficient (Wildman–Crippen LogP) is 7.76. The van der Waals surface area contributed by atoms with E-state index < -0.39 is 0 Å². The second-order valence-corrected chi connectivity index (χ2v) is 8.54. The predicted molar refractivity (Wildman–Crippen MR) is 118 cm³/mol. The maximum atomic E-state index is 13.1. The molecule has 1 nitrogen and oxygen atoms in total. The van der Waals surface area contributed by atoms with Gasteiger partial charge in [0.1, 0.15) is 28.8 Å². The maximum Gasteiger partial charge on any atom is 0.123 e. The van der Waals surface area contributed by atoms with Crippen molar-refractivity contribution >= 4 is 34.8 Å². The van der Waals surface area contributed by atoms with E-state index in [1.165, 1.54) is 82.4 Å². The van der Waals surface area contributed by atoms with Crippen LogP contribution in [0.25, 0.3) is 0 Å². The van der Waals surface area contributed by atoms with Gasteiger partial charge >= 0.3 is 0 Å². The Morgan fingerprint density at radius 2 is 1.40 bits per heavy atom. The SMILES string of the molecule is Fc1cccc(CCCCCCCCCCCCCSCCOI)c1. The molecule has 0 saturated heterocycles. The molecule has 0 bridgehead atoms. The molecule has 0 atom stereocenters. The fourth-order valence-electron chi connectivity index (χ4n) is 3.01. The number of halogens is 2. The molecule has 25 heavy (non-hydrogen) atoms. The molecule has 1 aromatic carbocycles. The highest BCUT2D eigenvalue weighted by Crippen LogP contribution is 2.14. The average Bonchev–Trinajstić information content (AvgIpc) is 2.61. The van der Waals surface area contributed by atoms with Crippen LogP contribution in [-0.4, -0.2) is 18.1 Å². The standard InChI is InChI=1S/C21H34FIOS/c22-21-15-12-14-20(19-21)13-10-8-6-4-2-1-3-5-7-9-11-17-25-18-16-24-23/h12,14-15,19H,1-11,13,16-18H2. The topological polar surface area (TPSA) is 9.23 Å². The van der Waals surface area contributed by atoms with Crippen LogP contribution in [0.15, 0.2) is 24.3 Å². The average molecular weight is 480 g/mol. The third-order valence-corrected chi connectivity index (χ3v) is 5.92. The Morgan fingerprint density at radius 3 is 2.00 bits per heavy atom. The van der Waals surface area contributed by atoms with E-state index in [4.69, 9.17) is 3.07 Å². The van der Waals surface area contributed by atoms with Gasteiger partial charge in [-0.15, -0.1) is 0 Å². The summed E-state index contributed by atoms with van der Waals surface area (Å²) in [5.41, 5.74) is 1.14. The molecule has 0 heterocycles. The second-order valence-electron chi connectivity index (χ2n) is 6.69. The summed E-state index contributed by atoms with van der Waals surface area (Å²) in [4.78, 5) is 0. The van der Waals surface area contributed by atoms with Gasteiger partial charge in [-0.1, -0.05) is 69.9 Å². The van der Waals surface area contributed by atoms with Crippen molar-refractivity contribution in [1.82, 2.24) is 0 Å². The van der Waals surface area contributed by atoms with Crippen molar-refractivity contribution in [3.05, 3.63) is 35.6 Å². The molecule has 144 valence electrons. The first-order chi connectivity index (χ1) is 12.3. The molecule has 0 aliphatic rings. The molecule has 4 heteroatoms. The van der Waals surface area contributed by atoms with Crippen molar-refractivity contribution < 1.29 is 7.46 Å². The van der Waals surface area contributed by atoms with Gasteiger partial charge in [-0.25, -0.2) is 4.39 Å². The van der Waals surface area contributed by atoms with Gasteiger partial charge in [0.15, 0.2) is 0 Å². The highest BCUT2D eigenvalue weighted by Gasteiger charge is 1.97. The first-order valence-electron chi connectivity index (χ1n) is 9.88. The zero-order valence-corrected chi connectivity index (χ0v) is 18.5. The Bertz CT molecular complexity index is 417. The first kappa shape index (κ1) is 23.2. The van der Waals surface area contributed by atoms with E-state index in [1.807, 2.05) is 46.9 Å². The smallest absolute Gasteiger partial charge is 0.123 e. The summed E-state index contributed by atoms with van der Waals surface area (Å²) in [5, 5.41) is 0. The summed E-state index contributed by atoms with van der Waals surface area (Å²) in [5.74, 6) is 2.31. The minimum Gasteiger partial charge on any atom is -0.315 e. The van der Waals surface area contributed by atoms with Crippen molar-refractivity contribution in [1.29, 1.82) is 0 Å². The van der Waals surface area contributed by atoms with Gasteiger partial charge in [-0.3, -0.25) is 0 Å². The second kappa shape index (κ2) is 17.6. The third kappa shape index (κ3) is 15.0. The van der Waals surface area contributed by atoms with Crippen LogP contribution >= 0.6 is 34.8 Å². The lowest BCUT2D eigenvalue weighted by atomic mass is 10.0. The Morgan fingerprint density at radius 1 is 0.800 bits per heavy atom. The minimum atomic E-state index is -0.109. The number of thioether (sulfide) groups is 1. The first-order valence-corrected chi connectivity index (χ1v) is 11.9. The van der Waals surface area contributed by atoms with Crippen LogP contribution in [0.4, 0.5) is 4.39 Å². The van der Waals surface area contributed by atoms with Gasteiger partial charge in [-0.05, 0) is 42.7 Å². The lowest BCUT2D eigenvalue weighted by Crippen LogP contribution is -1.90. The molecule has 1 aromatic rings. The lowest BCUT2D eigenvalue weighted by molar-refractivity contribution is 0.463. The van der Waals surface area contributed by atoms with E-state index in [9.17, 15) is 4.39 Å². The highest BCUT2D eigenvalue weighted by atomic mass is 127. The zero-order valence-electron chi connectivity index (χ0n) is 15.5. The van der Waals surface area contributed by atoms with Crippen molar-refractivity contribution in [2.75, 3.05) is 18.1 Å². The van der Waals surface area contributed by atoms with Crippen LogP contribution in [-0.2, 0) is 9.49 Å². The van der Waals surface area contributed by atoms with Crippen LogP contribution in [0.5, 0.6) is 0 Å². The Balaban J connectivity index is 1.75. The maximum absolute atomic E-state index is 13.1. The van der Waals surface area contributed by atoms with Crippen LogP contribution in [0, 0.1) is 5.82 Å². The summed E-state index contributed by atoms with van der Waals surface area (Å²) in [6, 6.07) is 7.02. The summed E-state index contributed by atoms with van der Waals surface area (Å²) in [6.07, 6.45) is 15.9. The van der Waals surface area contributed by atoms with Gasteiger partial charge in [0.25, 0.3) is 0 Å². The largest absolute Gasteiger partial charge is 0.315 e. The van der Waals surface area contributed by atoms with Gasteiger partial charge in [0.05, 0.1) is 6.61 Å². The van der Waals surface area contributed by atoms with E-state index in [0.29, 0.717) is 0 Å². The van der Waals surface area contributed by atoms with E-state index in [2.05, 4.69) is 0 Å². The van der Waals surface area contributed by atoms with Crippen molar-refractivity contribution in [3.63, 3.8) is 0 Å². The molecular weight excluding hydrogens is 446 g/mol. The van der Waals surface area contributed by atoms with Crippen molar-refractivity contribution in [3.8, 4) is 0 Å². The van der Waals surface area contributed by atoms with Crippen LogP contribution in [0.1, 0.15) is 76.2 Å². The fraction of sp³-hybridized carbons (Fsp3) is 0.714. The lowest BCUT2D eigenvalue weighted by Gasteiger charge is -2.04. The minimum absolute atomic E-state index is 0.109. The molecule has 0 aromatic heterocycles. The number of hydrogen-bond donors (Lipinski definition) is 0. The van der Waals surface area contributed by atoms with Gasteiger partial charge < -0.3 is 3.07 Å². The fourth-order valence-corrected chi connectivity index (χ4v) is 4.34. The van der Waals surface area contributed by atoms with Crippen molar-refractivity contribution in [2.24, 2.45) is 0 Å². The van der Waals surface area contributed by atoms with Crippen LogP contribution < -0.4 is 0 Å². The molecule has 0 spiro atoms. The van der Waals surface area contributed by atoms with E-state index in [1.54, 1.807) is 6.07 Å². The number of benzene rings is 1. The Kier molecular flexibility index (Phi) is 16.4. The van der Waals surface area contributed by atoms with Crippen LogP contribution in [0.2, 0.25) is 0 Å². The molecule has 0 radical (unpaired) electrons. The number of unbranched alkanes of at least 4 members (excludes halogenated alkanes) is 10. The van der Waals surface area contributed by atoms with Crippen LogP contribution in [0.3, 0.4) is 0 Å². The molecule has 1 rings (SSSR count). The highest BCUT2D eigenvalue weighted by molar-refractivity contribution is 14.1. The molecule has 0 amide bonds. The van der Waals surface area contributed by atoms with E-state index in [-0.39, 0.29) is 5.82 Å². The molecule has 0 fully saturated rings. The molecule has 0 N–H and O–H groups in total. The monoisotopic (exact) mass is 480 g/mol. The van der Waals surface area contributed by atoms with Gasteiger partial charge in [0.2, 0.25) is 0 Å². The number of aryl methyl sites for hydroxylation is 1. The van der Waals surface area contributed by atoms with Crippen molar-refractivity contribution in [2.45, 2.75) is 77.0 Å². The molecule has 0 aliphatic heterocycles. The summed E-state index contributed by atoms with van der Waals surface area (Å²) in [7, 11) is 0. The quantitative estimate of drug-likeness (QED) is 0.166. The Hall–Kier alpha value is 0.190. The Labute approximate surface area is 172 Å². The summed E-state index contributed by atoms with van der Waals surface area (Å²) in [6.45, 7) is 0.871.